The highest BCUT2D eigenvalue weighted by Gasteiger charge is 2.27. The molecule has 2 heterocycles. The van der Waals surface area contributed by atoms with Crippen LogP contribution in [0.3, 0.4) is 0 Å². The van der Waals surface area contributed by atoms with Gasteiger partial charge in [-0.25, -0.2) is 9.97 Å². The minimum Gasteiger partial charge on any atom is -0.356 e. The van der Waals surface area contributed by atoms with Gasteiger partial charge in [0, 0.05) is 24.8 Å². The van der Waals surface area contributed by atoms with Crippen LogP contribution in [0, 0.1) is 18.3 Å². The van der Waals surface area contributed by atoms with Crippen molar-refractivity contribution in [3.8, 4) is 0 Å². The van der Waals surface area contributed by atoms with E-state index in [1.165, 1.54) is 19.3 Å². The summed E-state index contributed by atoms with van der Waals surface area (Å²) < 4.78 is 0. The molecule has 1 aromatic rings. The second kappa shape index (κ2) is 5.66. The van der Waals surface area contributed by atoms with E-state index in [0.717, 1.165) is 30.5 Å². The van der Waals surface area contributed by atoms with Crippen LogP contribution < -0.4 is 4.90 Å². The maximum Gasteiger partial charge on any atom is 0.224 e. The van der Waals surface area contributed by atoms with Crippen LogP contribution in [0.15, 0.2) is 6.07 Å². The molecule has 0 spiro atoms. The summed E-state index contributed by atoms with van der Waals surface area (Å²) in [6.45, 7) is 11.1. The van der Waals surface area contributed by atoms with Crippen molar-refractivity contribution in [1.82, 2.24) is 9.97 Å². The maximum absolute atomic E-state index is 5.96. The molecular formula is C15H24ClN3. The molecule has 2 rings (SSSR count). The average molecular weight is 282 g/mol. The molecular weight excluding hydrogens is 258 g/mol. The third-order valence-electron chi connectivity index (χ3n) is 4.09. The number of hydrogen-bond donors (Lipinski definition) is 0. The standard InChI is InChI=1S/C15H24ClN3/c1-11-10-13(18-14(16)17-11)19-8-5-6-12(7-9-19)15(2,3)4/h10,12H,5-9H2,1-4H3. The van der Waals surface area contributed by atoms with Gasteiger partial charge in [0.05, 0.1) is 0 Å². The number of rotatable bonds is 1. The zero-order valence-electron chi connectivity index (χ0n) is 12.4. The van der Waals surface area contributed by atoms with Crippen molar-refractivity contribution >= 4 is 17.4 Å². The summed E-state index contributed by atoms with van der Waals surface area (Å²) in [5, 5.41) is 0.353. The maximum atomic E-state index is 5.96. The number of halogens is 1. The Bertz CT molecular complexity index is 419. The first-order valence-corrected chi connectivity index (χ1v) is 7.50. The second-order valence-electron chi connectivity index (χ2n) is 6.62. The van der Waals surface area contributed by atoms with E-state index in [1.54, 1.807) is 0 Å². The van der Waals surface area contributed by atoms with E-state index < -0.39 is 0 Å². The SMILES string of the molecule is Cc1cc(N2CCCC(C(C)(C)C)CC2)nc(Cl)n1. The molecule has 0 amide bonds. The molecule has 1 atom stereocenters. The van der Waals surface area contributed by atoms with E-state index in [4.69, 9.17) is 11.6 Å². The molecule has 0 aromatic carbocycles. The molecule has 19 heavy (non-hydrogen) atoms. The summed E-state index contributed by atoms with van der Waals surface area (Å²) in [6, 6.07) is 2.03. The lowest BCUT2D eigenvalue weighted by Crippen LogP contribution is -2.27. The molecule has 0 aliphatic carbocycles. The Kier molecular flexibility index (Phi) is 4.34. The van der Waals surface area contributed by atoms with Crippen molar-refractivity contribution in [2.24, 2.45) is 11.3 Å². The highest BCUT2D eigenvalue weighted by Crippen LogP contribution is 2.35. The normalized spacial score (nSPS) is 21.3. The van der Waals surface area contributed by atoms with Gasteiger partial charge in [0.1, 0.15) is 5.82 Å². The van der Waals surface area contributed by atoms with Crippen LogP contribution >= 0.6 is 11.6 Å². The highest BCUT2D eigenvalue weighted by atomic mass is 35.5. The molecule has 3 nitrogen and oxygen atoms in total. The summed E-state index contributed by atoms with van der Waals surface area (Å²) >= 11 is 5.96. The molecule has 4 heteroatoms. The molecule has 1 saturated heterocycles. The van der Waals surface area contributed by atoms with Crippen LogP contribution in [0.25, 0.3) is 0 Å². The highest BCUT2D eigenvalue weighted by molar-refractivity contribution is 6.28. The largest absolute Gasteiger partial charge is 0.356 e. The van der Waals surface area contributed by atoms with Crippen molar-refractivity contribution in [2.45, 2.75) is 47.0 Å². The Balaban J connectivity index is 2.11. The molecule has 1 aliphatic heterocycles. The first-order chi connectivity index (χ1) is 8.86. The predicted molar refractivity (Wildman–Crippen MR) is 80.8 cm³/mol. The van der Waals surface area contributed by atoms with Gasteiger partial charge in [-0.1, -0.05) is 20.8 Å². The molecule has 0 N–H and O–H groups in total. The number of hydrogen-bond acceptors (Lipinski definition) is 3. The number of anilines is 1. The van der Waals surface area contributed by atoms with Crippen LogP contribution in [0.1, 0.15) is 45.7 Å². The molecule has 1 unspecified atom stereocenters. The lowest BCUT2D eigenvalue weighted by molar-refractivity contribution is 0.220. The minimum atomic E-state index is 0.353. The summed E-state index contributed by atoms with van der Waals surface area (Å²) in [5.41, 5.74) is 1.33. The number of aryl methyl sites for hydroxylation is 1. The zero-order valence-corrected chi connectivity index (χ0v) is 13.2. The minimum absolute atomic E-state index is 0.353. The van der Waals surface area contributed by atoms with Gasteiger partial charge in [-0.05, 0) is 49.1 Å². The van der Waals surface area contributed by atoms with E-state index in [9.17, 15) is 0 Å². The molecule has 0 saturated carbocycles. The van der Waals surface area contributed by atoms with E-state index >= 15 is 0 Å². The van der Waals surface area contributed by atoms with Crippen molar-refractivity contribution in [3.05, 3.63) is 17.0 Å². The summed E-state index contributed by atoms with van der Waals surface area (Å²) in [7, 11) is 0. The van der Waals surface area contributed by atoms with Crippen LogP contribution in [0.4, 0.5) is 5.82 Å². The third kappa shape index (κ3) is 3.82. The van der Waals surface area contributed by atoms with Gasteiger partial charge in [-0.3, -0.25) is 0 Å². The van der Waals surface area contributed by atoms with E-state index in [1.807, 2.05) is 13.0 Å². The average Bonchev–Trinajstić information content (AvgIpc) is 2.52. The molecule has 1 aliphatic rings. The lowest BCUT2D eigenvalue weighted by Gasteiger charge is -2.30. The van der Waals surface area contributed by atoms with Crippen molar-refractivity contribution < 1.29 is 0 Å². The van der Waals surface area contributed by atoms with Crippen molar-refractivity contribution in [2.75, 3.05) is 18.0 Å². The second-order valence-corrected chi connectivity index (χ2v) is 6.96. The van der Waals surface area contributed by atoms with Gasteiger partial charge in [-0.15, -0.1) is 0 Å². The fourth-order valence-electron chi connectivity index (χ4n) is 2.87. The molecule has 106 valence electrons. The Hall–Kier alpha value is -0.830. The van der Waals surface area contributed by atoms with Crippen LogP contribution in [-0.4, -0.2) is 23.1 Å². The molecule has 1 aromatic heterocycles. The fraction of sp³-hybridized carbons (Fsp3) is 0.733. The van der Waals surface area contributed by atoms with Crippen LogP contribution in [-0.2, 0) is 0 Å². The Labute approximate surface area is 121 Å². The third-order valence-corrected chi connectivity index (χ3v) is 4.26. The van der Waals surface area contributed by atoms with Crippen LogP contribution in [0.2, 0.25) is 5.28 Å². The molecule has 0 radical (unpaired) electrons. The Morgan fingerprint density at radius 2 is 1.95 bits per heavy atom. The van der Waals surface area contributed by atoms with Gasteiger partial charge in [0.15, 0.2) is 0 Å². The van der Waals surface area contributed by atoms with Gasteiger partial charge in [-0.2, -0.15) is 0 Å². The fourth-order valence-corrected chi connectivity index (χ4v) is 3.09. The Morgan fingerprint density at radius 1 is 1.21 bits per heavy atom. The Morgan fingerprint density at radius 3 is 2.58 bits per heavy atom. The smallest absolute Gasteiger partial charge is 0.224 e. The molecule has 1 fully saturated rings. The topological polar surface area (TPSA) is 29.0 Å². The quantitative estimate of drug-likeness (QED) is 0.726. The van der Waals surface area contributed by atoms with Gasteiger partial charge >= 0.3 is 0 Å². The van der Waals surface area contributed by atoms with Crippen molar-refractivity contribution in [3.63, 3.8) is 0 Å². The zero-order chi connectivity index (χ0) is 14.0. The van der Waals surface area contributed by atoms with Gasteiger partial charge < -0.3 is 4.90 Å². The lowest BCUT2D eigenvalue weighted by atomic mass is 9.77. The van der Waals surface area contributed by atoms with Crippen LogP contribution in [0.5, 0.6) is 0 Å². The van der Waals surface area contributed by atoms with E-state index in [0.29, 0.717) is 10.7 Å². The predicted octanol–water partition coefficient (Wildman–Crippen LogP) is 4.09. The molecule has 0 bridgehead atoms. The van der Waals surface area contributed by atoms with Gasteiger partial charge in [0.2, 0.25) is 5.28 Å². The van der Waals surface area contributed by atoms with E-state index in [-0.39, 0.29) is 0 Å². The first kappa shape index (κ1) is 14.6. The van der Waals surface area contributed by atoms with Gasteiger partial charge in [0.25, 0.3) is 0 Å². The summed E-state index contributed by atoms with van der Waals surface area (Å²) in [6.07, 6.45) is 3.75. The summed E-state index contributed by atoms with van der Waals surface area (Å²) in [4.78, 5) is 10.9. The first-order valence-electron chi connectivity index (χ1n) is 7.12. The monoisotopic (exact) mass is 281 g/mol. The van der Waals surface area contributed by atoms with E-state index in [2.05, 4.69) is 35.6 Å². The summed E-state index contributed by atoms with van der Waals surface area (Å²) in [5.74, 6) is 1.77. The number of aromatic nitrogens is 2. The van der Waals surface area contributed by atoms with Crippen molar-refractivity contribution in [1.29, 1.82) is 0 Å². The number of nitrogens with zero attached hydrogens (tertiary/aromatic N) is 3.